The van der Waals surface area contributed by atoms with Crippen molar-refractivity contribution in [1.29, 1.82) is 0 Å². The Morgan fingerprint density at radius 1 is 1.50 bits per heavy atom. The molecule has 0 radical (unpaired) electrons. The Balaban J connectivity index is 2.53. The molecule has 1 atom stereocenters. The Labute approximate surface area is 71.2 Å². The van der Waals surface area contributed by atoms with E-state index in [1.807, 2.05) is 25.1 Å². The molecule has 0 saturated heterocycles. The fourth-order valence-corrected chi connectivity index (χ4v) is 1.60. The minimum atomic E-state index is -0.838. The zero-order valence-electron chi connectivity index (χ0n) is 7.01. The average molecular weight is 166 g/mol. The van der Waals surface area contributed by atoms with Crippen LogP contribution >= 0.6 is 0 Å². The van der Waals surface area contributed by atoms with Gasteiger partial charge in [0.15, 0.2) is 0 Å². The van der Waals surface area contributed by atoms with Crippen molar-refractivity contribution in [2.24, 2.45) is 0 Å². The molecule has 1 aliphatic heterocycles. The quantitative estimate of drug-likeness (QED) is 0.575. The molecule has 0 aromatic heterocycles. The van der Waals surface area contributed by atoms with Gasteiger partial charge in [0.2, 0.25) is 0 Å². The predicted molar refractivity (Wildman–Crippen MR) is 45.1 cm³/mol. The summed E-state index contributed by atoms with van der Waals surface area (Å²) in [7, 11) is 0. The van der Waals surface area contributed by atoms with Crippen molar-refractivity contribution in [1.82, 2.24) is 0 Å². The summed E-state index contributed by atoms with van der Waals surface area (Å²) in [6, 6.07) is 5.64. The second-order valence-corrected chi connectivity index (χ2v) is 3.09. The van der Waals surface area contributed by atoms with Crippen LogP contribution in [0, 0.1) is 6.92 Å². The molecule has 1 heterocycles. The summed E-state index contributed by atoms with van der Waals surface area (Å²) in [5, 5.41) is 0. The molecule has 64 valence electrons. The van der Waals surface area contributed by atoms with Gasteiger partial charge in [-0.1, -0.05) is 12.1 Å². The molecule has 2 rings (SSSR count). The Morgan fingerprint density at radius 3 is 3.08 bits per heavy atom. The number of halogens is 1. The van der Waals surface area contributed by atoms with E-state index in [-0.39, 0.29) is 0 Å². The van der Waals surface area contributed by atoms with Crippen LogP contribution in [0.1, 0.15) is 23.7 Å². The summed E-state index contributed by atoms with van der Waals surface area (Å²) < 4.78 is 18.7. The Kier molecular flexibility index (Phi) is 1.75. The molecule has 1 aromatic rings. The van der Waals surface area contributed by atoms with E-state index in [1.54, 1.807) is 0 Å². The summed E-state index contributed by atoms with van der Waals surface area (Å²) >= 11 is 0. The van der Waals surface area contributed by atoms with Crippen LogP contribution in [-0.2, 0) is 0 Å². The zero-order chi connectivity index (χ0) is 8.55. The first kappa shape index (κ1) is 7.59. The first-order valence-corrected chi connectivity index (χ1v) is 4.15. The molecule has 0 saturated carbocycles. The minimum Gasteiger partial charge on any atom is -0.493 e. The van der Waals surface area contributed by atoms with E-state index in [0.29, 0.717) is 18.8 Å². The SMILES string of the molecule is Cc1cccc2c1C(F)CCO2. The van der Waals surface area contributed by atoms with Crippen LogP contribution in [0.3, 0.4) is 0 Å². The highest BCUT2D eigenvalue weighted by Crippen LogP contribution is 2.36. The van der Waals surface area contributed by atoms with E-state index in [2.05, 4.69) is 0 Å². The maximum atomic E-state index is 13.4. The topological polar surface area (TPSA) is 9.23 Å². The van der Waals surface area contributed by atoms with Crippen LogP contribution in [0.2, 0.25) is 0 Å². The first-order valence-electron chi connectivity index (χ1n) is 4.15. The molecular weight excluding hydrogens is 155 g/mol. The van der Waals surface area contributed by atoms with Gasteiger partial charge in [-0.3, -0.25) is 0 Å². The summed E-state index contributed by atoms with van der Waals surface area (Å²) in [4.78, 5) is 0. The Morgan fingerprint density at radius 2 is 2.33 bits per heavy atom. The Bertz CT molecular complexity index is 296. The van der Waals surface area contributed by atoms with Gasteiger partial charge in [-0.25, -0.2) is 4.39 Å². The zero-order valence-corrected chi connectivity index (χ0v) is 7.01. The van der Waals surface area contributed by atoms with E-state index < -0.39 is 6.17 Å². The molecule has 2 heteroatoms. The molecule has 1 aliphatic rings. The van der Waals surface area contributed by atoms with Crippen LogP contribution in [0.5, 0.6) is 5.75 Å². The van der Waals surface area contributed by atoms with Crippen molar-refractivity contribution in [3.05, 3.63) is 29.3 Å². The lowest BCUT2D eigenvalue weighted by molar-refractivity contribution is 0.199. The van der Waals surface area contributed by atoms with Gasteiger partial charge in [0.05, 0.1) is 6.61 Å². The van der Waals surface area contributed by atoms with Crippen molar-refractivity contribution in [3.8, 4) is 5.75 Å². The molecule has 1 nitrogen and oxygen atoms in total. The average Bonchev–Trinajstić information content (AvgIpc) is 2.04. The van der Waals surface area contributed by atoms with Gasteiger partial charge in [-0.15, -0.1) is 0 Å². The highest BCUT2D eigenvalue weighted by Gasteiger charge is 2.21. The van der Waals surface area contributed by atoms with Gasteiger partial charge in [-0.05, 0) is 18.6 Å². The molecule has 0 amide bonds. The number of hydrogen-bond acceptors (Lipinski definition) is 1. The third-order valence-corrected chi connectivity index (χ3v) is 2.23. The van der Waals surface area contributed by atoms with Crippen molar-refractivity contribution in [3.63, 3.8) is 0 Å². The number of hydrogen-bond donors (Lipinski definition) is 0. The fourth-order valence-electron chi connectivity index (χ4n) is 1.60. The predicted octanol–water partition coefficient (Wildman–Crippen LogP) is 2.79. The number of rotatable bonds is 0. The number of alkyl halides is 1. The number of ether oxygens (including phenoxy) is 1. The highest BCUT2D eigenvalue weighted by molar-refractivity contribution is 5.42. The first-order chi connectivity index (χ1) is 5.79. The number of aryl methyl sites for hydroxylation is 1. The van der Waals surface area contributed by atoms with E-state index in [9.17, 15) is 4.39 Å². The molecule has 0 N–H and O–H groups in total. The van der Waals surface area contributed by atoms with Crippen LogP contribution in [0.15, 0.2) is 18.2 Å². The van der Waals surface area contributed by atoms with E-state index in [4.69, 9.17) is 4.74 Å². The molecule has 0 spiro atoms. The standard InChI is InChI=1S/C10H11FO/c1-7-3-2-4-9-10(7)8(11)5-6-12-9/h2-4,8H,5-6H2,1H3. The minimum absolute atomic E-state index is 0.484. The second kappa shape index (κ2) is 2.77. The summed E-state index contributed by atoms with van der Waals surface area (Å²) in [5.74, 6) is 0.716. The molecule has 0 bridgehead atoms. The van der Waals surface area contributed by atoms with E-state index in [1.165, 1.54) is 0 Å². The van der Waals surface area contributed by atoms with Crippen LogP contribution in [-0.4, -0.2) is 6.61 Å². The molecular formula is C10H11FO. The lowest BCUT2D eigenvalue weighted by atomic mass is 9.99. The molecule has 0 fully saturated rings. The summed E-state index contributed by atoms with van der Waals surface area (Å²) in [6.07, 6.45) is -0.354. The Hall–Kier alpha value is -1.05. The molecule has 0 aliphatic carbocycles. The van der Waals surface area contributed by atoms with Crippen LogP contribution in [0.4, 0.5) is 4.39 Å². The second-order valence-electron chi connectivity index (χ2n) is 3.09. The molecule has 1 unspecified atom stereocenters. The highest BCUT2D eigenvalue weighted by atomic mass is 19.1. The van der Waals surface area contributed by atoms with Crippen LogP contribution < -0.4 is 4.74 Å². The molecule has 12 heavy (non-hydrogen) atoms. The van der Waals surface area contributed by atoms with Gasteiger partial charge in [0, 0.05) is 12.0 Å². The molecule has 1 aromatic carbocycles. The smallest absolute Gasteiger partial charge is 0.132 e. The van der Waals surface area contributed by atoms with E-state index in [0.717, 1.165) is 11.1 Å². The lowest BCUT2D eigenvalue weighted by Gasteiger charge is -2.21. The lowest BCUT2D eigenvalue weighted by Crippen LogP contribution is -2.12. The van der Waals surface area contributed by atoms with Crippen molar-refractivity contribution in [2.75, 3.05) is 6.61 Å². The number of fused-ring (bicyclic) bond motifs is 1. The van der Waals surface area contributed by atoms with Crippen LogP contribution in [0.25, 0.3) is 0 Å². The van der Waals surface area contributed by atoms with Gasteiger partial charge in [-0.2, -0.15) is 0 Å². The fraction of sp³-hybridized carbons (Fsp3) is 0.400. The van der Waals surface area contributed by atoms with Gasteiger partial charge < -0.3 is 4.74 Å². The number of benzene rings is 1. The summed E-state index contributed by atoms with van der Waals surface area (Å²) in [6.45, 7) is 2.41. The largest absolute Gasteiger partial charge is 0.493 e. The van der Waals surface area contributed by atoms with Crippen molar-refractivity contribution < 1.29 is 9.13 Å². The third-order valence-electron chi connectivity index (χ3n) is 2.23. The van der Waals surface area contributed by atoms with Gasteiger partial charge >= 0.3 is 0 Å². The van der Waals surface area contributed by atoms with Crippen molar-refractivity contribution in [2.45, 2.75) is 19.5 Å². The van der Waals surface area contributed by atoms with Crippen molar-refractivity contribution >= 4 is 0 Å². The maximum Gasteiger partial charge on any atom is 0.132 e. The van der Waals surface area contributed by atoms with E-state index >= 15 is 0 Å². The third kappa shape index (κ3) is 1.07. The van der Waals surface area contributed by atoms with Gasteiger partial charge in [0.1, 0.15) is 11.9 Å². The summed E-state index contributed by atoms with van der Waals surface area (Å²) in [5.41, 5.74) is 1.73. The monoisotopic (exact) mass is 166 g/mol. The van der Waals surface area contributed by atoms with Gasteiger partial charge in [0.25, 0.3) is 0 Å². The maximum absolute atomic E-state index is 13.4. The normalized spacial score (nSPS) is 21.3.